The summed E-state index contributed by atoms with van der Waals surface area (Å²) in [6.07, 6.45) is 1.57. The zero-order chi connectivity index (χ0) is 17.9. The molecule has 1 aromatic carbocycles. The number of methoxy groups -OCH3 is 1. The molecule has 1 saturated heterocycles. The average molecular weight is 335 g/mol. The highest BCUT2D eigenvalue weighted by atomic mass is 16.6. The Labute approximate surface area is 144 Å². The Bertz CT molecular complexity index is 579. The lowest BCUT2D eigenvalue weighted by Crippen LogP contribution is -2.48. The van der Waals surface area contributed by atoms with Crippen LogP contribution in [0.15, 0.2) is 18.2 Å². The zero-order valence-electron chi connectivity index (χ0n) is 15.3. The number of rotatable bonds is 3. The van der Waals surface area contributed by atoms with Crippen LogP contribution in [0.5, 0.6) is 5.75 Å². The first-order valence-electron chi connectivity index (χ1n) is 8.55. The number of piperidine rings is 1. The Morgan fingerprint density at radius 3 is 2.67 bits per heavy atom. The molecule has 0 aromatic heterocycles. The van der Waals surface area contributed by atoms with Gasteiger partial charge in [0.2, 0.25) is 0 Å². The van der Waals surface area contributed by atoms with E-state index in [1.165, 1.54) is 0 Å². The number of amides is 1. The van der Waals surface area contributed by atoms with Crippen LogP contribution >= 0.6 is 0 Å². The first-order chi connectivity index (χ1) is 11.2. The summed E-state index contributed by atoms with van der Waals surface area (Å²) in [4.78, 5) is 14.2. The van der Waals surface area contributed by atoms with Gasteiger partial charge in [-0.15, -0.1) is 0 Å². The van der Waals surface area contributed by atoms with Crippen LogP contribution in [-0.4, -0.2) is 41.4 Å². The molecule has 0 spiro atoms. The van der Waals surface area contributed by atoms with Gasteiger partial charge in [-0.2, -0.15) is 0 Å². The predicted molar refractivity (Wildman–Crippen MR) is 93.3 cm³/mol. The third-order valence-corrected chi connectivity index (χ3v) is 4.32. The number of benzene rings is 1. The number of likely N-dealkylation sites (tertiary alicyclic amines) is 1. The van der Waals surface area contributed by atoms with Gasteiger partial charge < -0.3 is 19.5 Å². The van der Waals surface area contributed by atoms with Crippen LogP contribution in [0.1, 0.15) is 57.3 Å². The number of aliphatic hydroxyl groups is 1. The molecular formula is C19H29NO4. The highest BCUT2D eigenvalue weighted by Crippen LogP contribution is 2.32. The third kappa shape index (κ3) is 4.41. The summed E-state index contributed by atoms with van der Waals surface area (Å²) in [6.45, 7) is 8.13. The predicted octanol–water partition coefficient (Wildman–Crippen LogP) is 3.83. The summed E-state index contributed by atoms with van der Waals surface area (Å²) in [5.41, 5.74) is 1.23. The van der Waals surface area contributed by atoms with Crippen molar-refractivity contribution in [3.05, 3.63) is 29.3 Å². The van der Waals surface area contributed by atoms with Crippen LogP contribution in [0.25, 0.3) is 0 Å². The number of aryl methyl sites for hydroxylation is 1. The number of ether oxygens (including phenoxy) is 2. The maximum absolute atomic E-state index is 12.5. The number of hydrogen-bond acceptors (Lipinski definition) is 4. The van der Waals surface area contributed by atoms with E-state index in [0.717, 1.165) is 36.1 Å². The van der Waals surface area contributed by atoms with Crippen molar-refractivity contribution >= 4 is 6.09 Å². The molecule has 1 aromatic rings. The van der Waals surface area contributed by atoms with Crippen LogP contribution in [0.4, 0.5) is 4.79 Å². The summed E-state index contributed by atoms with van der Waals surface area (Å²) >= 11 is 0. The fraction of sp³-hybridized carbons (Fsp3) is 0.632. The Balaban J connectivity index is 2.21. The Hall–Kier alpha value is -1.75. The molecule has 2 atom stereocenters. The van der Waals surface area contributed by atoms with Crippen molar-refractivity contribution in [2.24, 2.45) is 0 Å². The number of carbonyl (C=O) groups is 1. The van der Waals surface area contributed by atoms with Crippen molar-refractivity contribution < 1.29 is 19.4 Å². The molecule has 5 nitrogen and oxygen atoms in total. The molecule has 1 fully saturated rings. The van der Waals surface area contributed by atoms with E-state index in [0.29, 0.717) is 6.54 Å². The Morgan fingerprint density at radius 2 is 2.04 bits per heavy atom. The average Bonchev–Trinajstić information content (AvgIpc) is 2.53. The molecule has 0 saturated carbocycles. The fourth-order valence-electron chi connectivity index (χ4n) is 3.08. The van der Waals surface area contributed by atoms with E-state index in [-0.39, 0.29) is 12.1 Å². The molecule has 24 heavy (non-hydrogen) atoms. The van der Waals surface area contributed by atoms with E-state index in [4.69, 9.17) is 9.47 Å². The second-order valence-corrected chi connectivity index (χ2v) is 7.41. The molecule has 1 aliphatic rings. The van der Waals surface area contributed by atoms with Gasteiger partial charge in [0.05, 0.1) is 19.3 Å². The number of nitrogens with zero attached hydrogens (tertiary/aromatic N) is 1. The van der Waals surface area contributed by atoms with Crippen molar-refractivity contribution in [1.82, 2.24) is 4.90 Å². The summed E-state index contributed by atoms with van der Waals surface area (Å²) in [5.74, 6) is 0.742. The van der Waals surface area contributed by atoms with E-state index >= 15 is 0 Å². The van der Waals surface area contributed by atoms with Gasteiger partial charge >= 0.3 is 6.09 Å². The van der Waals surface area contributed by atoms with Crippen molar-refractivity contribution in [3.8, 4) is 5.75 Å². The summed E-state index contributed by atoms with van der Waals surface area (Å²) < 4.78 is 10.9. The molecule has 0 radical (unpaired) electrons. The Morgan fingerprint density at radius 1 is 1.33 bits per heavy atom. The number of carbonyl (C=O) groups excluding carboxylic acids is 1. The molecule has 1 aliphatic heterocycles. The first-order valence-corrected chi connectivity index (χ1v) is 8.55. The van der Waals surface area contributed by atoms with E-state index in [1.54, 1.807) is 12.0 Å². The molecular weight excluding hydrogens is 306 g/mol. The molecule has 0 bridgehead atoms. The van der Waals surface area contributed by atoms with Gasteiger partial charge in [0.25, 0.3) is 0 Å². The third-order valence-electron chi connectivity index (χ3n) is 4.32. The minimum atomic E-state index is -0.757. The zero-order valence-corrected chi connectivity index (χ0v) is 15.3. The van der Waals surface area contributed by atoms with E-state index < -0.39 is 11.7 Å². The van der Waals surface area contributed by atoms with Gasteiger partial charge in [-0.05, 0) is 64.2 Å². The van der Waals surface area contributed by atoms with Gasteiger partial charge in [0, 0.05) is 6.54 Å². The maximum atomic E-state index is 12.5. The first kappa shape index (κ1) is 18.6. The summed E-state index contributed by atoms with van der Waals surface area (Å²) in [7, 11) is 1.62. The second-order valence-electron chi connectivity index (χ2n) is 7.41. The van der Waals surface area contributed by atoms with Crippen LogP contribution in [0.2, 0.25) is 0 Å². The van der Waals surface area contributed by atoms with E-state index in [1.807, 2.05) is 45.9 Å². The lowest BCUT2D eigenvalue weighted by Gasteiger charge is -2.39. The van der Waals surface area contributed by atoms with Gasteiger partial charge in [0.1, 0.15) is 11.4 Å². The highest BCUT2D eigenvalue weighted by Gasteiger charge is 2.35. The molecule has 0 aliphatic carbocycles. The van der Waals surface area contributed by atoms with Gasteiger partial charge in [0.15, 0.2) is 0 Å². The van der Waals surface area contributed by atoms with Crippen molar-refractivity contribution in [2.75, 3.05) is 13.7 Å². The van der Waals surface area contributed by atoms with Crippen LogP contribution < -0.4 is 4.74 Å². The largest absolute Gasteiger partial charge is 0.496 e. The van der Waals surface area contributed by atoms with Gasteiger partial charge in [-0.25, -0.2) is 4.79 Å². The SMILES string of the molecule is COc1cc([C@H](O)C2CCCCN2C(=O)OC(C)(C)C)ccc1C. The van der Waals surface area contributed by atoms with Crippen LogP contribution in [-0.2, 0) is 4.74 Å². The molecule has 1 N–H and O–H groups in total. The quantitative estimate of drug-likeness (QED) is 0.912. The Kier molecular flexibility index (Phi) is 5.75. The molecule has 5 heteroatoms. The standard InChI is InChI=1S/C19H29NO4/c1-13-9-10-14(12-16(13)23-5)17(21)15-8-6-7-11-20(15)18(22)24-19(2,3)4/h9-10,12,15,17,21H,6-8,11H2,1-5H3/t15?,17-/m0/s1. The van der Waals surface area contributed by atoms with Gasteiger partial charge in [-0.3, -0.25) is 0 Å². The summed E-state index contributed by atoms with van der Waals surface area (Å²) in [6, 6.07) is 5.39. The monoisotopic (exact) mass is 335 g/mol. The van der Waals surface area contributed by atoms with Crippen LogP contribution in [0, 0.1) is 6.92 Å². The number of hydrogen-bond donors (Lipinski definition) is 1. The minimum Gasteiger partial charge on any atom is -0.496 e. The molecule has 2 rings (SSSR count). The maximum Gasteiger partial charge on any atom is 0.410 e. The lowest BCUT2D eigenvalue weighted by atomic mass is 9.92. The van der Waals surface area contributed by atoms with Crippen molar-refractivity contribution in [2.45, 2.75) is 64.7 Å². The second kappa shape index (κ2) is 7.43. The normalized spacial score (nSPS) is 19.8. The van der Waals surface area contributed by atoms with Gasteiger partial charge in [-0.1, -0.05) is 12.1 Å². The van der Waals surface area contributed by atoms with Crippen molar-refractivity contribution in [3.63, 3.8) is 0 Å². The fourth-order valence-corrected chi connectivity index (χ4v) is 3.08. The molecule has 134 valence electrons. The smallest absolute Gasteiger partial charge is 0.410 e. The van der Waals surface area contributed by atoms with E-state index in [9.17, 15) is 9.90 Å². The highest BCUT2D eigenvalue weighted by molar-refractivity contribution is 5.69. The molecule has 1 amide bonds. The minimum absolute atomic E-state index is 0.277. The molecule has 1 unspecified atom stereocenters. The summed E-state index contributed by atoms with van der Waals surface area (Å²) in [5, 5.41) is 10.9. The number of aliphatic hydroxyl groups excluding tert-OH is 1. The lowest BCUT2D eigenvalue weighted by molar-refractivity contribution is -0.0169. The van der Waals surface area contributed by atoms with E-state index in [2.05, 4.69) is 0 Å². The van der Waals surface area contributed by atoms with Crippen molar-refractivity contribution in [1.29, 1.82) is 0 Å². The molecule has 1 heterocycles. The van der Waals surface area contributed by atoms with Crippen LogP contribution in [0.3, 0.4) is 0 Å². The topological polar surface area (TPSA) is 59.0 Å².